The number of carbonyl (C=O) groups excluding carboxylic acids is 1. The van der Waals surface area contributed by atoms with Gasteiger partial charge in [-0.1, -0.05) is 18.6 Å². The summed E-state index contributed by atoms with van der Waals surface area (Å²) < 4.78 is 5.10. The summed E-state index contributed by atoms with van der Waals surface area (Å²) in [7, 11) is 1.61. The Morgan fingerprint density at radius 2 is 2.17 bits per heavy atom. The van der Waals surface area contributed by atoms with E-state index in [2.05, 4.69) is 9.97 Å². The van der Waals surface area contributed by atoms with Crippen LogP contribution in [0.5, 0.6) is 0 Å². The topological polar surface area (TPSA) is 75.3 Å². The molecule has 6 nitrogen and oxygen atoms in total. The van der Waals surface area contributed by atoms with Crippen molar-refractivity contribution in [3.8, 4) is 0 Å². The van der Waals surface area contributed by atoms with Crippen molar-refractivity contribution in [3.05, 3.63) is 40.4 Å². The monoisotopic (exact) mass is 315 g/mol. The molecule has 1 aliphatic carbocycles. The average Bonchev–Trinajstić information content (AvgIpc) is 2.49. The molecule has 1 fully saturated rings. The molecule has 0 spiro atoms. The Balaban J connectivity index is 1.83. The van der Waals surface area contributed by atoms with Gasteiger partial charge >= 0.3 is 0 Å². The standard InChI is InChI=1S/C17H21N3O3/c1-23-10-9-20(17(22)12-5-4-6-12)11-15-18-14-8-3-2-7-13(14)16(21)19-15/h2-3,7-8,12H,4-6,9-11H2,1H3,(H,18,19,21). The van der Waals surface area contributed by atoms with E-state index in [1.807, 2.05) is 12.1 Å². The van der Waals surface area contributed by atoms with Gasteiger partial charge in [0.1, 0.15) is 5.82 Å². The van der Waals surface area contributed by atoms with Crippen LogP contribution in [0, 0.1) is 5.92 Å². The smallest absolute Gasteiger partial charge is 0.258 e. The van der Waals surface area contributed by atoms with Gasteiger partial charge in [0.2, 0.25) is 5.91 Å². The Morgan fingerprint density at radius 1 is 1.39 bits per heavy atom. The number of nitrogens with one attached hydrogen (secondary N) is 1. The lowest BCUT2D eigenvalue weighted by Gasteiger charge is -2.31. The minimum atomic E-state index is -0.173. The number of aromatic nitrogens is 2. The average molecular weight is 315 g/mol. The third kappa shape index (κ3) is 3.42. The van der Waals surface area contributed by atoms with Crippen LogP contribution in [0.25, 0.3) is 10.9 Å². The Labute approximate surface area is 134 Å². The molecule has 3 rings (SSSR count). The van der Waals surface area contributed by atoms with Crippen molar-refractivity contribution in [2.75, 3.05) is 20.3 Å². The quantitative estimate of drug-likeness (QED) is 0.880. The Morgan fingerprint density at radius 3 is 2.87 bits per heavy atom. The number of aromatic amines is 1. The fourth-order valence-corrected chi connectivity index (χ4v) is 2.77. The normalized spacial score (nSPS) is 14.7. The van der Waals surface area contributed by atoms with Crippen LogP contribution in [0.3, 0.4) is 0 Å². The van der Waals surface area contributed by atoms with Gasteiger partial charge in [0.25, 0.3) is 5.56 Å². The minimum Gasteiger partial charge on any atom is -0.383 e. The predicted molar refractivity (Wildman–Crippen MR) is 87.0 cm³/mol. The first-order valence-electron chi connectivity index (χ1n) is 7.94. The van der Waals surface area contributed by atoms with Gasteiger partial charge < -0.3 is 14.6 Å². The van der Waals surface area contributed by atoms with Gasteiger partial charge in [0.15, 0.2) is 0 Å². The molecule has 1 N–H and O–H groups in total. The summed E-state index contributed by atoms with van der Waals surface area (Å²) in [6.45, 7) is 1.28. The van der Waals surface area contributed by atoms with Gasteiger partial charge in [-0.15, -0.1) is 0 Å². The van der Waals surface area contributed by atoms with E-state index in [1.165, 1.54) is 0 Å². The first-order chi connectivity index (χ1) is 11.2. The molecule has 0 atom stereocenters. The molecule has 2 aromatic rings. The molecule has 1 amide bonds. The summed E-state index contributed by atoms with van der Waals surface area (Å²) in [5.74, 6) is 0.751. The zero-order chi connectivity index (χ0) is 16.2. The van der Waals surface area contributed by atoms with Gasteiger partial charge in [0.05, 0.1) is 24.1 Å². The summed E-state index contributed by atoms with van der Waals surface area (Å²) in [5, 5.41) is 0.560. The molecule has 1 aliphatic rings. The van der Waals surface area contributed by atoms with Crippen LogP contribution in [0.1, 0.15) is 25.1 Å². The SMILES string of the molecule is COCCN(Cc1nc2ccccc2c(=O)[nH]1)C(=O)C1CCC1. The summed E-state index contributed by atoms with van der Waals surface area (Å²) in [5.41, 5.74) is 0.474. The number of hydrogen-bond donors (Lipinski definition) is 1. The van der Waals surface area contributed by atoms with Crippen LogP contribution < -0.4 is 5.56 Å². The van der Waals surface area contributed by atoms with E-state index in [0.717, 1.165) is 19.3 Å². The molecule has 0 bridgehead atoms. The Kier molecular flexibility index (Phi) is 4.71. The number of carbonyl (C=O) groups is 1. The number of fused-ring (bicyclic) bond motifs is 1. The van der Waals surface area contributed by atoms with Crippen LogP contribution in [0.2, 0.25) is 0 Å². The number of para-hydroxylation sites is 1. The van der Waals surface area contributed by atoms with Crippen molar-refractivity contribution in [2.24, 2.45) is 5.92 Å². The second-order valence-corrected chi connectivity index (χ2v) is 5.91. The van der Waals surface area contributed by atoms with Crippen molar-refractivity contribution in [3.63, 3.8) is 0 Å². The van der Waals surface area contributed by atoms with Crippen molar-refractivity contribution in [1.29, 1.82) is 0 Å². The zero-order valence-electron chi connectivity index (χ0n) is 13.2. The van der Waals surface area contributed by atoms with Crippen LogP contribution >= 0.6 is 0 Å². The highest BCUT2D eigenvalue weighted by Gasteiger charge is 2.29. The van der Waals surface area contributed by atoms with Crippen molar-refractivity contribution < 1.29 is 9.53 Å². The predicted octanol–water partition coefficient (Wildman–Crippen LogP) is 1.70. The van der Waals surface area contributed by atoms with E-state index >= 15 is 0 Å². The maximum absolute atomic E-state index is 12.5. The molecule has 122 valence electrons. The van der Waals surface area contributed by atoms with Crippen molar-refractivity contribution >= 4 is 16.8 Å². The van der Waals surface area contributed by atoms with E-state index in [4.69, 9.17) is 4.74 Å². The lowest BCUT2D eigenvalue weighted by atomic mass is 9.84. The Bertz CT molecular complexity index is 752. The largest absolute Gasteiger partial charge is 0.383 e. The first-order valence-corrected chi connectivity index (χ1v) is 7.94. The van der Waals surface area contributed by atoms with Gasteiger partial charge in [0, 0.05) is 19.6 Å². The number of amides is 1. The van der Waals surface area contributed by atoms with E-state index in [1.54, 1.807) is 24.1 Å². The molecule has 1 saturated carbocycles. The van der Waals surface area contributed by atoms with Crippen LogP contribution in [-0.2, 0) is 16.1 Å². The third-order valence-electron chi connectivity index (χ3n) is 4.33. The van der Waals surface area contributed by atoms with Crippen LogP contribution in [0.15, 0.2) is 29.1 Å². The highest BCUT2D eigenvalue weighted by atomic mass is 16.5. The molecular formula is C17H21N3O3. The van der Waals surface area contributed by atoms with Crippen molar-refractivity contribution in [1.82, 2.24) is 14.9 Å². The first kappa shape index (κ1) is 15.7. The number of H-pyrrole nitrogens is 1. The molecule has 0 saturated heterocycles. The minimum absolute atomic E-state index is 0.110. The lowest BCUT2D eigenvalue weighted by molar-refractivity contribution is -0.139. The highest BCUT2D eigenvalue weighted by molar-refractivity contribution is 5.80. The Hall–Kier alpha value is -2.21. The summed E-state index contributed by atoms with van der Waals surface area (Å²) in [4.78, 5) is 33.7. The molecular weight excluding hydrogens is 294 g/mol. The van der Waals surface area contributed by atoms with Gasteiger partial charge in [-0.25, -0.2) is 4.98 Å². The second-order valence-electron chi connectivity index (χ2n) is 5.91. The van der Waals surface area contributed by atoms with Gasteiger partial charge in [-0.05, 0) is 25.0 Å². The number of nitrogens with zero attached hydrogens (tertiary/aromatic N) is 2. The molecule has 0 aliphatic heterocycles. The lowest BCUT2D eigenvalue weighted by Crippen LogP contribution is -2.40. The summed E-state index contributed by atoms with van der Waals surface area (Å²) in [6.07, 6.45) is 3.01. The fraction of sp³-hybridized carbons (Fsp3) is 0.471. The van der Waals surface area contributed by atoms with Gasteiger partial charge in [-0.3, -0.25) is 9.59 Å². The molecule has 1 heterocycles. The van der Waals surface area contributed by atoms with E-state index < -0.39 is 0 Å². The van der Waals surface area contributed by atoms with E-state index in [0.29, 0.717) is 36.4 Å². The number of rotatable bonds is 6. The number of hydrogen-bond acceptors (Lipinski definition) is 4. The number of benzene rings is 1. The second kappa shape index (κ2) is 6.91. The van der Waals surface area contributed by atoms with Gasteiger partial charge in [-0.2, -0.15) is 0 Å². The van der Waals surface area contributed by atoms with Crippen LogP contribution in [-0.4, -0.2) is 41.0 Å². The van der Waals surface area contributed by atoms with Crippen molar-refractivity contribution in [2.45, 2.75) is 25.8 Å². The number of ether oxygens (including phenoxy) is 1. The zero-order valence-corrected chi connectivity index (χ0v) is 13.2. The third-order valence-corrected chi connectivity index (χ3v) is 4.33. The molecule has 0 radical (unpaired) electrons. The highest BCUT2D eigenvalue weighted by Crippen LogP contribution is 2.28. The summed E-state index contributed by atoms with van der Waals surface area (Å²) >= 11 is 0. The molecule has 23 heavy (non-hydrogen) atoms. The van der Waals surface area contributed by atoms with E-state index in [9.17, 15) is 9.59 Å². The van der Waals surface area contributed by atoms with Crippen LogP contribution in [0.4, 0.5) is 0 Å². The fourth-order valence-electron chi connectivity index (χ4n) is 2.77. The number of methoxy groups -OCH3 is 1. The van der Waals surface area contributed by atoms with E-state index in [-0.39, 0.29) is 17.4 Å². The summed E-state index contributed by atoms with van der Waals surface area (Å²) in [6, 6.07) is 7.21. The maximum Gasteiger partial charge on any atom is 0.258 e. The maximum atomic E-state index is 12.5. The molecule has 1 aromatic heterocycles. The molecule has 6 heteroatoms. The molecule has 0 unspecified atom stereocenters. The molecule has 1 aromatic carbocycles.